The fourth-order valence-corrected chi connectivity index (χ4v) is 5.62. The molecule has 3 nitrogen and oxygen atoms in total. The lowest BCUT2D eigenvalue weighted by atomic mass is 9.88. The van der Waals surface area contributed by atoms with E-state index in [1.165, 1.54) is 71.0 Å². The molecular weight excluding hydrogens is 346 g/mol. The van der Waals surface area contributed by atoms with Gasteiger partial charge in [-0.05, 0) is 82.8 Å². The first kappa shape index (κ1) is 22.1. The summed E-state index contributed by atoms with van der Waals surface area (Å²) in [6.07, 6.45) is 20.4. The molecule has 1 aliphatic heterocycles. The van der Waals surface area contributed by atoms with Gasteiger partial charge < -0.3 is 15.1 Å². The molecule has 0 unspecified atom stereocenters. The molecule has 3 heteroatoms. The summed E-state index contributed by atoms with van der Waals surface area (Å²) in [5.74, 6) is 1.35. The van der Waals surface area contributed by atoms with Gasteiger partial charge in [-0.2, -0.15) is 0 Å². The maximum absolute atomic E-state index is 10.5. The standard InChI is InChI=1S/C25H43NO2/c1-2-3-5-11-22(27)12-13-23-24-18-20(17-21(24)19-25(23)28)10-6-4-7-14-26-15-8-9-16-26/h12-13,17,21-25,27-28H,2-11,14-16,18-19H2,1H3/b13-12+/t21-,22+,23+,24-,25+/m0/s1. The quantitative estimate of drug-likeness (QED) is 0.361. The maximum atomic E-state index is 10.5. The summed E-state index contributed by atoms with van der Waals surface area (Å²) in [6, 6.07) is 0. The number of allylic oxidation sites excluding steroid dienone is 2. The summed E-state index contributed by atoms with van der Waals surface area (Å²) in [5.41, 5.74) is 1.63. The number of rotatable bonds is 12. The lowest BCUT2D eigenvalue weighted by Crippen LogP contribution is -2.20. The Morgan fingerprint density at radius 1 is 1.14 bits per heavy atom. The number of hydrogen-bond acceptors (Lipinski definition) is 3. The van der Waals surface area contributed by atoms with Crippen molar-refractivity contribution < 1.29 is 10.2 Å². The van der Waals surface area contributed by atoms with Crippen LogP contribution in [0, 0.1) is 17.8 Å². The highest BCUT2D eigenvalue weighted by molar-refractivity contribution is 5.21. The molecule has 3 rings (SSSR count). The first-order valence-corrected chi connectivity index (χ1v) is 12.1. The topological polar surface area (TPSA) is 43.7 Å². The van der Waals surface area contributed by atoms with Crippen LogP contribution in [0.5, 0.6) is 0 Å². The third-order valence-corrected chi connectivity index (χ3v) is 7.28. The Balaban J connectivity index is 1.36. The average Bonchev–Trinajstić information content (AvgIpc) is 3.37. The van der Waals surface area contributed by atoms with Crippen molar-refractivity contribution in [2.75, 3.05) is 19.6 Å². The molecule has 2 N–H and O–H groups in total. The van der Waals surface area contributed by atoms with Crippen molar-refractivity contribution in [2.24, 2.45) is 17.8 Å². The molecule has 0 spiro atoms. The highest BCUT2D eigenvalue weighted by Gasteiger charge is 2.43. The Morgan fingerprint density at radius 3 is 2.75 bits per heavy atom. The van der Waals surface area contributed by atoms with Crippen molar-refractivity contribution in [1.29, 1.82) is 0 Å². The van der Waals surface area contributed by atoms with E-state index in [2.05, 4.69) is 24.0 Å². The van der Waals surface area contributed by atoms with Crippen LogP contribution in [0.15, 0.2) is 23.8 Å². The largest absolute Gasteiger partial charge is 0.392 e. The van der Waals surface area contributed by atoms with Crippen molar-refractivity contribution in [2.45, 2.75) is 96.2 Å². The van der Waals surface area contributed by atoms with E-state index < -0.39 is 0 Å². The summed E-state index contributed by atoms with van der Waals surface area (Å²) >= 11 is 0. The first-order chi connectivity index (χ1) is 13.7. The minimum atomic E-state index is -0.345. The van der Waals surface area contributed by atoms with Gasteiger partial charge in [-0.25, -0.2) is 0 Å². The van der Waals surface area contributed by atoms with Gasteiger partial charge in [0.25, 0.3) is 0 Å². The van der Waals surface area contributed by atoms with Gasteiger partial charge in [-0.3, -0.25) is 0 Å². The zero-order valence-corrected chi connectivity index (χ0v) is 18.1. The summed E-state index contributed by atoms with van der Waals surface area (Å²) in [4.78, 5) is 2.62. The molecule has 160 valence electrons. The second-order valence-electron chi connectivity index (χ2n) is 9.54. The molecule has 1 saturated heterocycles. The molecule has 0 radical (unpaired) electrons. The van der Waals surface area contributed by atoms with Crippen LogP contribution in [0.3, 0.4) is 0 Å². The number of aliphatic hydroxyl groups is 2. The monoisotopic (exact) mass is 389 g/mol. The van der Waals surface area contributed by atoms with Crippen LogP contribution in [-0.4, -0.2) is 47.0 Å². The number of nitrogens with zero attached hydrogens (tertiary/aromatic N) is 1. The van der Waals surface area contributed by atoms with Crippen LogP contribution in [0.4, 0.5) is 0 Å². The Morgan fingerprint density at radius 2 is 1.96 bits per heavy atom. The highest BCUT2D eigenvalue weighted by Crippen LogP contribution is 2.48. The third-order valence-electron chi connectivity index (χ3n) is 7.28. The molecule has 0 aromatic carbocycles. The zero-order valence-electron chi connectivity index (χ0n) is 18.1. The Bertz CT molecular complexity index is 509. The predicted molar refractivity (Wildman–Crippen MR) is 117 cm³/mol. The number of likely N-dealkylation sites (tertiary alicyclic amines) is 1. The van der Waals surface area contributed by atoms with Gasteiger partial charge in [0.15, 0.2) is 0 Å². The summed E-state index contributed by atoms with van der Waals surface area (Å²) in [5, 5.41) is 20.7. The molecule has 0 aromatic heterocycles. The lowest BCUT2D eigenvalue weighted by Gasteiger charge is -2.19. The Labute approximate surface area is 172 Å². The molecule has 5 atom stereocenters. The van der Waals surface area contributed by atoms with Crippen LogP contribution in [0.2, 0.25) is 0 Å². The highest BCUT2D eigenvalue weighted by atomic mass is 16.3. The minimum absolute atomic E-state index is 0.229. The number of unbranched alkanes of at least 4 members (excludes halogenated alkanes) is 4. The molecule has 0 aromatic rings. The van der Waals surface area contributed by atoms with Gasteiger partial charge in [-0.15, -0.1) is 0 Å². The normalized spacial score (nSPS) is 31.6. The third kappa shape index (κ3) is 6.43. The van der Waals surface area contributed by atoms with E-state index in [1.807, 2.05) is 6.08 Å². The van der Waals surface area contributed by atoms with Crippen molar-refractivity contribution in [3.63, 3.8) is 0 Å². The zero-order chi connectivity index (χ0) is 19.8. The van der Waals surface area contributed by atoms with Crippen LogP contribution in [-0.2, 0) is 0 Å². The SMILES string of the molecule is CCCCC[C@@H](O)/C=C/[C@@H]1[C@H]2CC(CCCCCN3CCCC3)=C[C@H]2C[C@H]1O. The van der Waals surface area contributed by atoms with E-state index in [0.717, 1.165) is 25.7 Å². The second kappa shape index (κ2) is 11.5. The average molecular weight is 390 g/mol. The fraction of sp³-hybridized carbons (Fsp3) is 0.840. The fourth-order valence-electron chi connectivity index (χ4n) is 5.62. The molecule has 2 fully saturated rings. The van der Waals surface area contributed by atoms with Crippen molar-refractivity contribution >= 4 is 0 Å². The number of fused-ring (bicyclic) bond motifs is 1. The van der Waals surface area contributed by atoms with E-state index in [0.29, 0.717) is 11.8 Å². The van der Waals surface area contributed by atoms with Crippen LogP contribution in [0.1, 0.15) is 84.0 Å². The summed E-state index contributed by atoms with van der Waals surface area (Å²) < 4.78 is 0. The molecule has 1 heterocycles. The van der Waals surface area contributed by atoms with Crippen LogP contribution >= 0.6 is 0 Å². The molecule has 0 amide bonds. The van der Waals surface area contributed by atoms with E-state index in [-0.39, 0.29) is 18.1 Å². The lowest BCUT2D eigenvalue weighted by molar-refractivity contribution is 0.139. The molecule has 2 aliphatic carbocycles. The van der Waals surface area contributed by atoms with Gasteiger partial charge in [-0.1, -0.05) is 56.4 Å². The maximum Gasteiger partial charge on any atom is 0.0721 e. The summed E-state index contributed by atoms with van der Waals surface area (Å²) in [7, 11) is 0. The van der Waals surface area contributed by atoms with Crippen LogP contribution < -0.4 is 0 Å². The number of aliphatic hydroxyl groups excluding tert-OH is 2. The van der Waals surface area contributed by atoms with E-state index in [4.69, 9.17) is 0 Å². The van der Waals surface area contributed by atoms with E-state index in [1.54, 1.807) is 5.57 Å². The van der Waals surface area contributed by atoms with Gasteiger partial charge in [0.05, 0.1) is 12.2 Å². The van der Waals surface area contributed by atoms with Gasteiger partial charge in [0.2, 0.25) is 0 Å². The molecular formula is C25H43NO2. The molecule has 3 aliphatic rings. The van der Waals surface area contributed by atoms with Crippen molar-refractivity contribution in [3.8, 4) is 0 Å². The van der Waals surface area contributed by atoms with Gasteiger partial charge >= 0.3 is 0 Å². The van der Waals surface area contributed by atoms with Gasteiger partial charge in [0.1, 0.15) is 0 Å². The van der Waals surface area contributed by atoms with Crippen LogP contribution in [0.25, 0.3) is 0 Å². The van der Waals surface area contributed by atoms with E-state index in [9.17, 15) is 10.2 Å². The van der Waals surface area contributed by atoms with E-state index >= 15 is 0 Å². The molecule has 1 saturated carbocycles. The predicted octanol–water partition coefficient (Wildman–Crippen LogP) is 5.08. The smallest absolute Gasteiger partial charge is 0.0721 e. The van der Waals surface area contributed by atoms with Gasteiger partial charge in [0, 0.05) is 5.92 Å². The van der Waals surface area contributed by atoms with Crippen molar-refractivity contribution in [1.82, 2.24) is 4.90 Å². The Hall–Kier alpha value is -0.640. The summed E-state index contributed by atoms with van der Waals surface area (Å²) in [6.45, 7) is 6.12. The molecule has 0 bridgehead atoms. The number of hydrogen-bond donors (Lipinski definition) is 2. The molecule has 28 heavy (non-hydrogen) atoms. The second-order valence-corrected chi connectivity index (χ2v) is 9.54. The first-order valence-electron chi connectivity index (χ1n) is 12.1. The minimum Gasteiger partial charge on any atom is -0.392 e. The van der Waals surface area contributed by atoms with Crippen molar-refractivity contribution in [3.05, 3.63) is 23.8 Å². The Kier molecular flexibility index (Phi) is 9.07.